The second-order valence-electron chi connectivity index (χ2n) is 9.23. The van der Waals surface area contributed by atoms with Gasteiger partial charge in [0.15, 0.2) is 0 Å². The summed E-state index contributed by atoms with van der Waals surface area (Å²) in [6.45, 7) is 0.846. The van der Waals surface area contributed by atoms with Crippen molar-refractivity contribution >= 4 is 23.5 Å². The number of piperidine rings is 1. The molecule has 2 fully saturated rings. The highest BCUT2D eigenvalue weighted by atomic mass is 35.5. The second-order valence-corrected chi connectivity index (χ2v) is 9.64. The van der Waals surface area contributed by atoms with E-state index in [2.05, 4.69) is 10.3 Å². The molecule has 4 rings (SSSR count). The molecule has 3 unspecified atom stereocenters. The van der Waals surface area contributed by atoms with Crippen molar-refractivity contribution < 1.29 is 24.5 Å². The fourth-order valence-electron chi connectivity index (χ4n) is 4.85. The number of aromatic nitrogens is 1. The van der Waals surface area contributed by atoms with E-state index in [1.54, 1.807) is 18.1 Å². The standard InChI is InChI=1S/C25H30ClN3O6/c1-35-9-7-15-2-5-21(26)16(10-15)14-29(18-3-4-18)23(31)19-12-27-13-20(24(32)33)25(19,34)17-6-8-28-22(30)11-17/h2,5-6,8,10-11,18-20,27,34H,3-4,7,9,12-14H2,1H3,(H,28,30)(H,32,33). The van der Waals surface area contributed by atoms with Gasteiger partial charge in [-0.2, -0.15) is 0 Å². The van der Waals surface area contributed by atoms with E-state index in [0.717, 1.165) is 24.0 Å². The first-order valence-electron chi connectivity index (χ1n) is 11.7. The van der Waals surface area contributed by atoms with Gasteiger partial charge in [0.05, 0.1) is 12.5 Å². The first-order chi connectivity index (χ1) is 16.8. The fourth-order valence-corrected chi connectivity index (χ4v) is 5.03. The number of halogens is 1. The number of amides is 1. The Morgan fingerprint density at radius 1 is 1.20 bits per heavy atom. The van der Waals surface area contributed by atoms with Gasteiger partial charge in [-0.1, -0.05) is 23.7 Å². The number of aliphatic hydroxyl groups is 1. The molecule has 35 heavy (non-hydrogen) atoms. The zero-order valence-corrected chi connectivity index (χ0v) is 20.3. The number of H-pyrrole nitrogens is 1. The Morgan fingerprint density at radius 2 is 1.94 bits per heavy atom. The summed E-state index contributed by atoms with van der Waals surface area (Å²) in [5, 5.41) is 25.3. The Balaban J connectivity index is 1.69. The summed E-state index contributed by atoms with van der Waals surface area (Å²) in [6, 6.07) is 8.27. The molecule has 1 amide bonds. The first-order valence-corrected chi connectivity index (χ1v) is 12.0. The summed E-state index contributed by atoms with van der Waals surface area (Å²) in [5.41, 5.74) is -0.620. The lowest BCUT2D eigenvalue weighted by molar-refractivity contribution is -0.171. The summed E-state index contributed by atoms with van der Waals surface area (Å²) in [5.74, 6) is -4.03. The van der Waals surface area contributed by atoms with Crippen LogP contribution in [0.3, 0.4) is 0 Å². The van der Waals surface area contributed by atoms with E-state index in [9.17, 15) is 24.6 Å². The van der Waals surface area contributed by atoms with E-state index >= 15 is 0 Å². The molecule has 2 aromatic rings. The van der Waals surface area contributed by atoms with Crippen LogP contribution in [0.5, 0.6) is 0 Å². The molecule has 2 aliphatic rings. The van der Waals surface area contributed by atoms with Crippen molar-refractivity contribution in [2.45, 2.75) is 37.5 Å². The highest BCUT2D eigenvalue weighted by Crippen LogP contribution is 2.42. The van der Waals surface area contributed by atoms with Gasteiger partial charge >= 0.3 is 5.97 Å². The number of carbonyl (C=O) groups is 2. The zero-order valence-electron chi connectivity index (χ0n) is 19.5. The Hall–Kier alpha value is -2.72. The summed E-state index contributed by atoms with van der Waals surface area (Å²) >= 11 is 6.48. The molecule has 1 aromatic heterocycles. The van der Waals surface area contributed by atoms with E-state index < -0.39 is 29.0 Å². The van der Waals surface area contributed by atoms with Crippen molar-refractivity contribution in [3.63, 3.8) is 0 Å². The Kier molecular flexibility index (Phi) is 7.61. The monoisotopic (exact) mass is 503 g/mol. The van der Waals surface area contributed by atoms with Crippen LogP contribution in [0, 0.1) is 11.8 Å². The van der Waals surface area contributed by atoms with Crippen LogP contribution in [0.25, 0.3) is 0 Å². The van der Waals surface area contributed by atoms with Gasteiger partial charge in [-0.15, -0.1) is 0 Å². The number of carboxylic acid groups (broad SMARTS) is 1. The topological polar surface area (TPSA) is 132 Å². The molecule has 3 atom stereocenters. The average Bonchev–Trinajstić information content (AvgIpc) is 3.67. The molecule has 0 bridgehead atoms. The van der Waals surface area contributed by atoms with Crippen molar-refractivity contribution in [1.29, 1.82) is 0 Å². The molecule has 9 nitrogen and oxygen atoms in total. The summed E-state index contributed by atoms with van der Waals surface area (Å²) < 4.78 is 5.16. The molecule has 1 aliphatic carbocycles. The average molecular weight is 504 g/mol. The van der Waals surface area contributed by atoms with Crippen LogP contribution in [0.15, 0.2) is 41.3 Å². The number of methoxy groups -OCH3 is 1. The van der Waals surface area contributed by atoms with E-state index in [4.69, 9.17) is 16.3 Å². The van der Waals surface area contributed by atoms with Gasteiger partial charge in [0.25, 0.3) is 0 Å². The molecule has 0 radical (unpaired) electrons. The predicted octanol–water partition coefficient (Wildman–Crippen LogP) is 1.52. The minimum atomic E-state index is -2.06. The number of rotatable bonds is 9. The van der Waals surface area contributed by atoms with Crippen molar-refractivity contribution in [3.8, 4) is 0 Å². The molecule has 1 saturated carbocycles. The highest BCUT2D eigenvalue weighted by Gasteiger charge is 2.55. The molecule has 1 aromatic carbocycles. The third kappa shape index (κ3) is 5.28. The lowest BCUT2D eigenvalue weighted by Gasteiger charge is -2.45. The number of aliphatic carboxylic acids is 1. The van der Waals surface area contributed by atoms with Crippen molar-refractivity contribution in [1.82, 2.24) is 15.2 Å². The van der Waals surface area contributed by atoms with Crippen LogP contribution < -0.4 is 10.9 Å². The van der Waals surface area contributed by atoms with E-state index in [1.807, 2.05) is 12.1 Å². The Bertz CT molecular complexity index is 1150. The number of aromatic amines is 1. The van der Waals surface area contributed by atoms with Crippen LogP contribution in [0.2, 0.25) is 5.02 Å². The molecule has 0 spiro atoms. The number of ether oxygens (including phenoxy) is 1. The van der Waals surface area contributed by atoms with Gasteiger partial charge in [0.1, 0.15) is 11.5 Å². The number of nitrogens with zero attached hydrogens (tertiary/aromatic N) is 1. The minimum Gasteiger partial charge on any atom is -0.481 e. The molecule has 1 aliphatic heterocycles. The number of benzene rings is 1. The number of hydrogen-bond acceptors (Lipinski definition) is 6. The van der Waals surface area contributed by atoms with Gasteiger partial charge in [-0.05, 0) is 48.1 Å². The van der Waals surface area contributed by atoms with Crippen LogP contribution in [-0.4, -0.2) is 64.8 Å². The van der Waals surface area contributed by atoms with Crippen LogP contribution in [0.4, 0.5) is 0 Å². The molecule has 188 valence electrons. The van der Waals surface area contributed by atoms with Gasteiger partial charge in [0.2, 0.25) is 11.5 Å². The van der Waals surface area contributed by atoms with Crippen LogP contribution >= 0.6 is 11.6 Å². The van der Waals surface area contributed by atoms with E-state index in [1.165, 1.54) is 18.3 Å². The summed E-state index contributed by atoms with van der Waals surface area (Å²) in [7, 11) is 1.63. The smallest absolute Gasteiger partial charge is 0.311 e. The Labute approximate surface area is 208 Å². The quantitative estimate of drug-likeness (QED) is 0.408. The molecule has 2 heterocycles. The predicted molar refractivity (Wildman–Crippen MR) is 129 cm³/mol. The number of pyridine rings is 1. The maximum Gasteiger partial charge on any atom is 0.311 e. The molecule has 1 saturated heterocycles. The normalized spacial score (nSPS) is 24.2. The minimum absolute atomic E-state index is 0.0187. The lowest BCUT2D eigenvalue weighted by Crippen LogP contribution is -2.62. The van der Waals surface area contributed by atoms with Crippen LogP contribution in [0.1, 0.15) is 29.5 Å². The molecule has 4 N–H and O–H groups in total. The fraction of sp³-hybridized carbons (Fsp3) is 0.480. The van der Waals surface area contributed by atoms with Gasteiger partial charge in [-0.3, -0.25) is 14.4 Å². The SMILES string of the molecule is COCCc1ccc(Cl)c(CN(C(=O)C2CNCC(C(=O)O)C2(O)c2cc[nH]c(=O)c2)C2CC2)c1. The third-order valence-electron chi connectivity index (χ3n) is 6.91. The number of hydrogen-bond donors (Lipinski definition) is 4. The summed E-state index contributed by atoms with van der Waals surface area (Å²) in [4.78, 5) is 42.3. The first kappa shape index (κ1) is 25.4. The lowest BCUT2D eigenvalue weighted by atomic mass is 9.69. The molecular weight excluding hydrogens is 474 g/mol. The second kappa shape index (κ2) is 10.5. The highest BCUT2D eigenvalue weighted by molar-refractivity contribution is 6.31. The van der Waals surface area contributed by atoms with Gasteiger partial charge in [0, 0.05) is 50.1 Å². The van der Waals surface area contributed by atoms with Crippen LogP contribution in [-0.2, 0) is 32.9 Å². The Morgan fingerprint density at radius 3 is 2.60 bits per heavy atom. The zero-order chi connectivity index (χ0) is 25.2. The van der Waals surface area contributed by atoms with Crippen molar-refractivity contribution in [2.24, 2.45) is 11.8 Å². The van der Waals surface area contributed by atoms with Crippen molar-refractivity contribution in [3.05, 3.63) is 68.6 Å². The molecule has 10 heteroatoms. The number of nitrogens with one attached hydrogen (secondary N) is 2. The third-order valence-corrected chi connectivity index (χ3v) is 7.28. The van der Waals surface area contributed by atoms with E-state index in [0.29, 0.717) is 18.1 Å². The van der Waals surface area contributed by atoms with Crippen molar-refractivity contribution in [2.75, 3.05) is 26.8 Å². The number of carboxylic acids is 1. The maximum absolute atomic E-state index is 14.0. The summed E-state index contributed by atoms with van der Waals surface area (Å²) in [6.07, 6.45) is 3.69. The number of carbonyl (C=O) groups excluding carboxylic acids is 1. The van der Waals surface area contributed by atoms with E-state index in [-0.39, 0.29) is 37.1 Å². The maximum atomic E-state index is 14.0. The van der Waals surface area contributed by atoms with Gasteiger partial charge in [-0.25, -0.2) is 0 Å². The molecular formula is C25H30ClN3O6. The largest absolute Gasteiger partial charge is 0.481 e. The van der Waals surface area contributed by atoms with Gasteiger partial charge < -0.3 is 30.2 Å².